The molecule has 0 bridgehead atoms. The number of rotatable bonds is 5. The number of thiazole rings is 1. The predicted octanol–water partition coefficient (Wildman–Crippen LogP) is 2.57. The summed E-state index contributed by atoms with van der Waals surface area (Å²) < 4.78 is 0. The molecule has 0 saturated carbocycles. The second-order valence-corrected chi connectivity index (χ2v) is 4.63. The minimum absolute atomic E-state index is 0.0989. The molecule has 0 fully saturated rings. The van der Waals surface area contributed by atoms with E-state index in [4.69, 9.17) is 5.73 Å². The quantitative estimate of drug-likeness (QED) is 0.840. The fourth-order valence-electron chi connectivity index (χ4n) is 1.59. The van der Waals surface area contributed by atoms with Crippen molar-refractivity contribution < 1.29 is 0 Å². The lowest BCUT2D eigenvalue weighted by atomic mass is 10.2. The van der Waals surface area contributed by atoms with Crippen LogP contribution >= 0.6 is 11.3 Å². The highest BCUT2D eigenvalue weighted by Crippen LogP contribution is 2.30. The van der Waals surface area contributed by atoms with E-state index in [9.17, 15) is 0 Å². The number of anilines is 1. The molecule has 1 heterocycles. The molecule has 2 N–H and O–H groups in total. The van der Waals surface area contributed by atoms with Gasteiger partial charge < -0.3 is 10.6 Å². The second-order valence-electron chi connectivity index (χ2n) is 3.62. The van der Waals surface area contributed by atoms with Crippen molar-refractivity contribution in [2.75, 3.05) is 18.0 Å². The molecule has 0 amide bonds. The van der Waals surface area contributed by atoms with Gasteiger partial charge in [0.15, 0.2) is 5.13 Å². The normalized spacial score (nSPS) is 12.9. The summed E-state index contributed by atoms with van der Waals surface area (Å²) in [5.41, 5.74) is 7.10. The first-order chi connectivity index (χ1) is 7.13. The Bertz CT molecular complexity index is 303. The van der Waals surface area contributed by atoms with E-state index in [0.29, 0.717) is 0 Å². The maximum Gasteiger partial charge on any atom is 0.185 e. The largest absolute Gasteiger partial charge is 0.349 e. The summed E-state index contributed by atoms with van der Waals surface area (Å²) in [6.45, 7) is 10.5. The molecule has 86 valence electrons. The third kappa shape index (κ3) is 2.69. The molecule has 1 atom stereocenters. The van der Waals surface area contributed by atoms with Crippen LogP contribution in [0, 0.1) is 0 Å². The van der Waals surface area contributed by atoms with Crippen molar-refractivity contribution in [3.05, 3.63) is 10.6 Å². The van der Waals surface area contributed by atoms with Crippen LogP contribution in [0.2, 0.25) is 0 Å². The van der Waals surface area contributed by atoms with Crippen LogP contribution < -0.4 is 10.6 Å². The molecule has 15 heavy (non-hydrogen) atoms. The zero-order chi connectivity index (χ0) is 11.4. The van der Waals surface area contributed by atoms with Gasteiger partial charge in [-0.3, -0.25) is 0 Å². The highest BCUT2D eigenvalue weighted by atomic mass is 32.1. The van der Waals surface area contributed by atoms with E-state index in [0.717, 1.165) is 30.3 Å². The third-order valence-electron chi connectivity index (χ3n) is 2.50. The summed E-state index contributed by atoms with van der Waals surface area (Å²) in [6.07, 6.45) is 0.967. The van der Waals surface area contributed by atoms with Crippen molar-refractivity contribution in [2.24, 2.45) is 5.73 Å². The maximum atomic E-state index is 5.94. The van der Waals surface area contributed by atoms with E-state index < -0.39 is 0 Å². The minimum atomic E-state index is 0.0989. The van der Waals surface area contributed by atoms with Gasteiger partial charge in [-0.15, -0.1) is 11.3 Å². The number of aromatic nitrogens is 1. The fourth-order valence-corrected chi connectivity index (χ4v) is 2.82. The summed E-state index contributed by atoms with van der Waals surface area (Å²) in [5, 5.41) is 1.11. The molecule has 1 aromatic rings. The minimum Gasteiger partial charge on any atom is -0.349 e. The molecule has 0 radical (unpaired) electrons. The van der Waals surface area contributed by atoms with E-state index in [1.807, 2.05) is 6.92 Å². The Morgan fingerprint density at radius 3 is 2.27 bits per heavy atom. The van der Waals surface area contributed by atoms with Gasteiger partial charge in [-0.05, 0) is 27.2 Å². The summed E-state index contributed by atoms with van der Waals surface area (Å²) in [6, 6.07) is 0.0989. The number of nitrogens with zero attached hydrogens (tertiary/aromatic N) is 2. The molecule has 0 aliphatic rings. The SMILES string of the molecule is CCc1nc(N(CC)CC)sc1C(C)N. The summed E-state index contributed by atoms with van der Waals surface area (Å²) >= 11 is 1.74. The Morgan fingerprint density at radius 2 is 1.93 bits per heavy atom. The van der Waals surface area contributed by atoms with Crippen LogP contribution in [0.1, 0.15) is 44.3 Å². The Balaban J connectivity index is 3.01. The first-order valence-corrected chi connectivity index (χ1v) is 6.45. The topological polar surface area (TPSA) is 42.2 Å². The predicted molar refractivity (Wildman–Crippen MR) is 67.7 cm³/mol. The first-order valence-electron chi connectivity index (χ1n) is 5.64. The smallest absolute Gasteiger partial charge is 0.185 e. The van der Waals surface area contributed by atoms with Gasteiger partial charge in [-0.1, -0.05) is 6.92 Å². The molecule has 0 aliphatic heterocycles. The standard InChI is InChI=1S/C11H21N3S/c1-5-9-10(8(4)12)15-11(13-9)14(6-2)7-3/h8H,5-7,12H2,1-4H3. The Hall–Kier alpha value is -0.610. The van der Waals surface area contributed by atoms with Gasteiger partial charge in [0.05, 0.1) is 5.69 Å². The average Bonchev–Trinajstić information content (AvgIpc) is 2.64. The fraction of sp³-hybridized carbons (Fsp3) is 0.727. The highest BCUT2D eigenvalue weighted by Gasteiger charge is 2.15. The number of aryl methyl sites for hydroxylation is 1. The molecule has 0 spiro atoms. The number of hydrogen-bond donors (Lipinski definition) is 1. The van der Waals surface area contributed by atoms with Crippen molar-refractivity contribution in [3.63, 3.8) is 0 Å². The van der Waals surface area contributed by atoms with E-state index in [2.05, 4.69) is 30.7 Å². The van der Waals surface area contributed by atoms with Crippen molar-refractivity contribution in [3.8, 4) is 0 Å². The van der Waals surface area contributed by atoms with Crippen molar-refractivity contribution in [1.29, 1.82) is 0 Å². The lowest BCUT2D eigenvalue weighted by Gasteiger charge is -2.16. The van der Waals surface area contributed by atoms with Crippen molar-refractivity contribution in [2.45, 2.75) is 40.2 Å². The van der Waals surface area contributed by atoms with Gasteiger partial charge in [0.2, 0.25) is 0 Å². The second kappa shape index (κ2) is 5.47. The van der Waals surface area contributed by atoms with Crippen molar-refractivity contribution >= 4 is 16.5 Å². The molecule has 3 nitrogen and oxygen atoms in total. The van der Waals surface area contributed by atoms with Crippen LogP contribution in [0.25, 0.3) is 0 Å². The molecule has 1 unspecified atom stereocenters. The van der Waals surface area contributed by atoms with Crippen LogP contribution in [-0.4, -0.2) is 18.1 Å². The van der Waals surface area contributed by atoms with Gasteiger partial charge in [0.25, 0.3) is 0 Å². The molecule has 4 heteroatoms. The maximum absolute atomic E-state index is 5.94. The first kappa shape index (κ1) is 12.5. The monoisotopic (exact) mass is 227 g/mol. The third-order valence-corrected chi connectivity index (χ3v) is 3.86. The van der Waals surface area contributed by atoms with E-state index in [1.165, 1.54) is 4.88 Å². The van der Waals surface area contributed by atoms with Crippen molar-refractivity contribution in [1.82, 2.24) is 4.98 Å². The van der Waals surface area contributed by atoms with Crippen LogP contribution in [0.3, 0.4) is 0 Å². The highest BCUT2D eigenvalue weighted by molar-refractivity contribution is 7.15. The van der Waals surface area contributed by atoms with Gasteiger partial charge in [-0.25, -0.2) is 4.98 Å². The van der Waals surface area contributed by atoms with Gasteiger partial charge in [0, 0.05) is 24.0 Å². The lowest BCUT2D eigenvalue weighted by Crippen LogP contribution is -2.21. The van der Waals surface area contributed by atoms with Gasteiger partial charge in [0.1, 0.15) is 0 Å². The van der Waals surface area contributed by atoms with E-state index >= 15 is 0 Å². The zero-order valence-corrected chi connectivity index (χ0v) is 10.9. The van der Waals surface area contributed by atoms with Crippen LogP contribution in [-0.2, 0) is 6.42 Å². The average molecular weight is 227 g/mol. The Morgan fingerprint density at radius 1 is 1.33 bits per heavy atom. The number of hydrogen-bond acceptors (Lipinski definition) is 4. The van der Waals surface area contributed by atoms with Crippen LogP contribution in [0.15, 0.2) is 0 Å². The zero-order valence-electron chi connectivity index (χ0n) is 10.1. The van der Waals surface area contributed by atoms with E-state index in [-0.39, 0.29) is 6.04 Å². The molecular formula is C11H21N3S. The summed E-state index contributed by atoms with van der Waals surface area (Å²) in [5.74, 6) is 0. The summed E-state index contributed by atoms with van der Waals surface area (Å²) in [4.78, 5) is 8.17. The molecule has 0 saturated heterocycles. The molecular weight excluding hydrogens is 206 g/mol. The molecule has 0 aliphatic carbocycles. The number of nitrogens with two attached hydrogens (primary N) is 1. The molecule has 0 aromatic carbocycles. The summed E-state index contributed by atoms with van der Waals surface area (Å²) in [7, 11) is 0. The molecule has 1 aromatic heterocycles. The Labute approximate surface area is 96.3 Å². The van der Waals surface area contributed by atoms with Crippen LogP contribution in [0.5, 0.6) is 0 Å². The Kier molecular flexibility index (Phi) is 4.54. The lowest BCUT2D eigenvalue weighted by molar-refractivity contribution is 0.810. The molecule has 1 rings (SSSR count). The van der Waals surface area contributed by atoms with E-state index in [1.54, 1.807) is 11.3 Å². The van der Waals surface area contributed by atoms with Crippen LogP contribution in [0.4, 0.5) is 5.13 Å². The van der Waals surface area contributed by atoms with Gasteiger partial charge >= 0.3 is 0 Å². The van der Waals surface area contributed by atoms with Gasteiger partial charge in [-0.2, -0.15) is 0 Å².